The number of aromatic nitrogens is 1. The van der Waals surface area contributed by atoms with Crippen molar-refractivity contribution in [2.45, 2.75) is 18.4 Å². The number of carboxylic acid groups (broad SMARTS) is 1. The van der Waals surface area contributed by atoms with E-state index in [1.807, 2.05) is 36.4 Å². The second-order valence-corrected chi connectivity index (χ2v) is 8.32. The molecule has 1 aliphatic carbocycles. The van der Waals surface area contributed by atoms with Crippen molar-refractivity contribution in [1.82, 2.24) is 10.3 Å². The number of nitrogens with zero attached hydrogens (tertiary/aromatic N) is 1. The second kappa shape index (κ2) is 8.23. The van der Waals surface area contributed by atoms with E-state index in [1.54, 1.807) is 0 Å². The number of ether oxygens (including phenoxy) is 1. The Bertz CT molecular complexity index is 1020. The molecule has 0 aliphatic heterocycles. The Balaban J connectivity index is 1.47. The van der Waals surface area contributed by atoms with Gasteiger partial charge in [-0.3, -0.25) is 4.79 Å². The summed E-state index contributed by atoms with van der Waals surface area (Å²) in [6.07, 6.45) is 0.425. The first-order valence-electron chi connectivity index (χ1n) is 8.97. The van der Waals surface area contributed by atoms with Crippen LogP contribution in [-0.2, 0) is 9.53 Å². The highest BCUT2D eigenvalue weighted by Crippen LogP contribution is 2.44. The van der Waals surface area contributed by atoms with E-state index >= 15 is 0 Å². The minimum atomic E-state index is -1.06. The van der Waals surface area contributed by atoms with Gasteiger partial charge >= 0.3 is 12.1 Å². The summed E-state index contributed by atoms with van der Waals surface area (Å²) in [4.78, 5) is 27.7. The van der Waals surface area contributed by atoms with Crippen LogP contribution in [-0.4, -0.2) is 28.8 Å². The normalized spacial score (nSPS) is 13.4. The molecule has 0 saturated heterocycles. The van der Waals surface area contributed by atoms with E-state index in [0.717, 1.165) is 33.6 Å². The largest absolute Gasteiger partial charge is 0.481 e. The molecule has 8 heteroatoms. The lowest BCUT2D eigenvalue weighted by Gasteiger charge is -2.17. The number of aliphatic carboxylic acids is 1. The fraction of sp³-hybridized carbons (Fsp3) is 0.190. The Hall–Kier alpha value is -2.90. The molecule has 1 unspecified atom stereocenters. The Morgan fingerprint density at radius 1 is 1.14 bits per heavy atom. The number of rotatable bonds is 6. The maximum absolute atomic E-state index is 12.4. The van der Waals surface area contributed by atoms with E-state index in [9.17, 15) is 9.59 Å². The maximum atomic E-state index is 12.4. The van der Waals surface area contributed by atoms with Gasteiger partial charge in [-0.25, -0.2) is 9.78 Å². The molecule has 1 atom stereocenters. The SMILES string of the molecule is O=C(O)CC(NC(=O)OCC1c2ccccc2-c2ccccc21)c1ncc(Cl)s1. The number of benzene rings is 2. The number of carbonyl (C=O) groups is 2. The Kier molecular flexibility index (Phi) is 5.51. The Morgan fingerprint density at radius 2 is 1.76 bits per heavy atom. The summed E-state index contributed by atoms with van der Waals surface area (Å²) in [6.45, 7) is 0.151. The first kappa shape index (κ1) is 19.4. The number of hydrogen-bond acceptors (Lipinski definition) is 5. The van der Waals surface area contributed by atoms with Gasteiger partial charge < -0.3 is 15.2 Å². The quantitative estimate of drug-likeness (QED) is 0.585. The molecule has 6 nitrogen and oxygen atoms in total. The van der Waals surface area contributed by atoms with Crippen LogP contribution in [0.5, 0.6) is 0 Å². The standard InChI is InChI=1S/C21H17ClN2O4S/c22-18-10-23-20(29-18)17(9-19(25)26)24-21(27)28-11-16-14-7-3-1-5-12(14)13-6-2-4-8-15(13)16/h1-8,10,16-17H,9,11H2,(H,24,27)(H,25,26). The molecule has 0 saturated carbocycles. The third-order valence-electron chi connectivity index (χ3n) is 4.81. The van der Waals surface area contributed by atoms with Crippen LogP contribution < -0.4 is 5.32 Å². The number of fused-ring (bicyclic) bond motifs is 3. The molecule has 29 heavy (non-hydrogen) atoms. The summed E-state index contributed by atoms with van der Waals surface area (Å²) in [5.74, 6) is -1.12. The van der Waals surface area contributed by atoms with Crippen LogP contribution in [0.1, 0.15) is 34.5 Å². The second-order valence-electron chi connectivity index (χ2n) is 6.62. The molecule has 148 valence electrons. The van der Waals surface area contributed by atoms with Crippen molar-refractivity contribution in [2.75, 3.05) is 6.61 Å². The summed E-state index contributed by atoms with van der Waals surface area (Å²) in [5.41, 5.74) is 4.49. The lowest BCUT2D eigenvalue weighted by molar-refractivity contribution is -0.137. The van der Waals surface area contributed by atoms with Crippen molar-refractivity contribution >= 4 is 35.0 Å². The van der Waals surface area contributed by atoms with Gasteiger partial charge in [0.05, 0.1) is 18.7 Å². The predicted molar refractivity (Wildman–Crippen MR) is 110 cm³/mol. The van der Waals surface area contributed by atoms with Crippen molar-refractivity contribution in [3.8, 4) is 11.1 Å². The molecule has 3 aromatic rings. The monoisotopic (exact) mass is 428 g/mol. The molecule has 4 rings (SSSR count). The van der Waals surface area contributed by atoms with Crippen LogP contribution in [0, 0.1) is 0 Å². The van der Waals surface area contributed by atoms with Gasteiger partial charge in [0.25, 0.3) is 0 Å². The summed E-state index contributed by atoms with van der Waals surface area (Å²) >= 11 is 7.01. The number of carboxylic acids is 1. The van der Waals surface area contributed by atoms with Gasteiger partial charge in [0.1, 0.15) is 16.0 Å². The minimum absolute atomic E-state index is 0.0691. The molecule has 0 spiro atoms. The molecule has 0 radical (unpaired) electrons. The molecule has 1 aromatic heterocycles. The molecule has 0 bridgehead atoms. The van der Waals surface area contributed by atoms with E-state index in [-0.39, 0.29) is 18.9 Å². The molecular weight excluding hydrogens is 412 g/mol. The molecule has 1 aliphatic rings. The number of hydrogen-bond donors (Lipinski definition) is 2. The van der Waals surface area contributed by atoms with Crippen molar-refractivity contribution < 1.29 is 19.4 Å². The predicted octanol–water partition coefficient (Wildman–Crippen LogP) is 4.85. The van der Waals surface area contributed by atoms with Crippen molar-refractivity contribution in [2.24, 2.45) is 0 Å². The fourth-order valence-electron chi connectivity index (χ4n) is 3.59. The summed E-state index contributed by atoms with van der Waals surface area (Å²) in [6, 6.07) is 15.3. The lowest BCUT2D eigenvalue weighted by Crippen LogP contribution is -2.31. The zero-order chi connectivity index (χ0) is 20.4. The van der Waals surface area contributed by atoms with Crippen LogP contribution in [0.25, 0.3) is 11.1 Å². The van der Waals surface area contributed by atoms with Gasteiger partial charge in [-0.1, -0.05) is 60.1 Å². The van der Waals surface area contributed by atoms with Crippen LogP contribution in [0.2, 0.25) is 4.34 Å². The number of amides is 1. The van der Waals surface area contributed by atoms with Gasteiger partial charge in [-0.05, 0) is 22.3 Å². The summed E-state index contributed by atoms with van der Waals surface area (Å²) in [5, 5.41) is 12.2. The first-order chi connectivity index (χ1) is 14.0. The van der Waals surface area contributed by atoms with E-state index < -0.39 is 18.1 Å². The van der Waals surface area contributed by atoms with Gasteiger partial charge in [0, 0.05) is 5.92 Å². The molecule has 2 aromatic carbocycles. The van der Waals surface area contributed by atoms with E-state index in [4.69, 9.17) is 21.4 Å². The number of nitrogens with one attached hydrogen (secondary N) is 1. The fourth-order valence-corrected chi connectivity index (χ4v) is 4.57. The van der Waals surface area contributed by atoms with Crippen molar-refractivity contribution in [1.29, 1.82) is 0 Å². The average Bonchev–Trinajstić information content (AvgIpc) is 3.27. The van der Waals surface area contributed by atoms with E-state index in [0.29, 0.717) is 9.34 Å². The lowest BCUT2D eigenvalue weighted by atomic mass is 9.98. The first-order valence-corrected chi connectivity index (χ1v) is 10.2. The van der Waals surface area contributed by atoms with Crippen LogP contribution in [0.15, 0.2) is 54.7 Å². The zero-order valence-electron chi connectivity index (χ0n) is 15.2. The van der Waals surface area contributed by atoms with Crippen molar-refractivity contribution in [3.05, 3.63) is 75.2 Å². The smallest absolute Gasteiger partial charge is 0.407 e. The highest BCUT2D eigenvalue weighted by atomic mass is 35.5. The van der Waals surface area contributed by atoms with E-state index in [1.165, 1.54) is 6.20 Å². The van der Waals surface area contributed by atoms with Gasteiger partial charge in [0.2, 0.25) is 0 Å². The topological polar surface area (TPSA) is 88.5 Å². The summed E-state index contributed by atoms with van der Waals surface area (Å²) in [7, 11) is 0. The summed E-state index contributed by atoms with van der Waals surface area (Å²) < 4.78 is 5.90. The van der Waals surface area contributed by atoms with Crippen LogP contribution >= 0.6 is 22.9 Å². The zero-order valence-corrected chi connectivity index (χ0v) is 16.7. The molecule has 2 N–H and O–H groups in total. The molecule has 1 amide bonds. The van der Waals surface area contributed by atoms with Crippen LogP contribution in [0.3, 0.4) is 0 Å². The van der Waals surface area contributed by atoms with Gasteiger partial charge in [-0.2, -0.15) is 0 Å². The highest BCUT2D eigenvalue weighted by molar-refractivity contribution is 7.15. The minimum Gasteiger partial charge on any atom is -0.481 e. The molecular formula is C21H17ClN2O4S. The Labute approximate surface area is 176 Å². The average molecular weight is 429 g/mol. The number of carbonyl (C=O) groups excluding carboxylic acids is 1. The maximum Gasteiger partial charge on any atom is 0.407 e. The number of halogens is 1. The number of thiazole rings is 1. The van der Waals surface area contributed by atoms with Crippen LogP contribution in [0.4, 0.5) is 4.79 Å². The third kappa shape index (κ3) is 4.11. The van der Waals surface area contributed by atoms with Gasteiger partial charge in [-0.15, -0.1) is 11.3 Å². The molecule has 1 heterocycles. The third-order valence-corrected chi connectivity index (χ3v) is 6.04. The van der Waals surface area contributed by atoms with E-state index in [2.05, 4.69) is 22.4 Å². The van der Waals surface area contributed by atoms with Crippen molar-refractivity contribution in [3.63, 3.8) is 0 Å². The highest BCUT2D eigenvalue weighted by Gasteiger charge is 2.29. The number of alkyl carbamates (subject to hydrolysis) is 1. The molecule has 0 fully saturated rings. The van der Waals surface area contributed by atoms with Gasteiger partial charge in [0.15, 0.2) is 0 Å². The Morgan fingerprint density at radius 3 is 2.31 bits per heavy atom.